The molecule has 2 atom stereocenters. The number of hydrogen-bond acceptors (Lipinski definition) is 3. The molecule has 3 rings (SSSR count). The van der Waals surface area contributed by atoms with Crippen molar-refractivity contribution in [3.8, 4) is 0 Å². The summed E-state index contributed by atoms with van der Waals surface area (Å²) in [6, 6.07) is 9.03. The highest BCUT2D eigenvalue weighted by molar-refractivity contribution is 5.37. The van der Waals surface area contributed by atoms with Crippen LogP contribution in [0.25, 0.3) is 0 Å². The Balaban J connectivity index is 1.61. The molecule has 0 fully saturated rings. The fraction of sp³-hybridized carbons (Fsp3) is 0.400. The van der Waals surface area contributed by atoms with Crippen molar-refractivity contribution in [2.45, 2.75) is 32.0 Å². The highest BCUT2D eigenvalue weighted by Crippen LogP contribution is 2.36. The maximum Gasteiger partial charge on any atom is 0.105 e. The Bertz CT molecular complexity index is 561. The lowest BCUT2D eigenvalue weighted by atomic mass is 10.1. The van der Waals surface area contributed by atoms with Gasteiger partial charge in [-0.3, -0.25) is 0 Å². The van der Waals surface area contributed by atoms with Crippen molar-refractivity contribution >= 4 is 0 Å². The van der Waals surface area contributed by atoms with Gasteiger partial charge < -0.3 is 15.6 Å². The van der Waals surface area contributed by atoms with Gasteiger partial charge in [0.2, 0.25) is 0 Å². The molecule has 0 saturated heterocycles. The zero-order valence-electron chi connectivity index (χ0n) is 11.2. The summed E-state index contributed by atoms with van der Waals surface area (Å²) in [6.45, 7) is 3.91. The van der Waals surface area contributed by atoms with Crippen molar-refractivity contribution in [1.82, 2.24) is 14.9 Å². The Labute approximate surface area is 113 Å². The van der Waals surface area contributed by atoms with Gasteiger partial charge in [-0.2, -0.15) is 0 Å². The van der Waals surface area contributed by atoms with E-state index in [9.17, 15) is 0 Å². The molecule has 1 aromatic heterocycles. The SMILES string of the molecule is Cc1nccn1CCNC1CC(N)c2ccccc21. The summed E-state index contributed by atoms with van der Waals surface area (Å²) in [4.78, 5) is 4.23. The first-order chi connectivity index (χ1) is 9.25. The standard InChI is InChI=1S/C15H20N4/c1-11-17-6-8-19(11)9-7-18-15-10-14(16)12-4-2-3-5-13(12)15/h2-6,8,14-15,18H,7,9-10,16H2,1H3. The van der Waals surface area contributed by atoms with E-state index in [1.807, 2.05) is 19.3 Å². The largest absolute Gasteiger partial charge is 0.334 e. The zero-order valence-corrected chi connectivity index (χ0v) is 11.2. The third-order valence-electron chi connectivity index (χ3n) is 3.93. The smallest absolute Gasteiger partial charge is 0.105 e. The van der Waals surface area contributed by atoms with Crippen LogP contribution < -0.4 is 11.1 Å². The molecule has 0 amide bonds. The zero-order chi connectivity index (χ0) is 13.2. The quantitative estimate of drug-likeness (QED) is 0.878. The monoisotopic (exact) mass is 256 g/mol. The molecular formula is C15H20N4. The van der Waals surface area contributed by atoms with Gasteiger partial charge in [0, 0.05) is 37.6 Å². The number of nitrogens with zero attached hydrogens (tertiary/aromatic N) is 2. The summed E-state index contributed by atoms with van der Waals surface area (Å²) in [7, 11) is 0. The molecule has 2 unspecified atom stereocenters. The molecule has 3 N–H and O–H groups in total. The van der Waals surface area contributed by atoms with Crippen molar-refractivity contribution in [3.05, 3.63) is 53.6 Å². The van der Waals surface area contributed by atoms with Crippen LogP contribution in [0.15, 0.2) is 36.7 Å². The summed E-state index contributed by atoms with van der Waals surface area (Å²) in [5, 5.41) is 3.61. The number of nitrogens with one attached hydrogen (secondary N) is 1. The van der Waals surface area contributed by atoms with Gasteiger partial charge in [0.15, 0.2) is 0 Å². The van der Waals surface area contributed by atoms with Crippen LogP contribution in [0.2, 0.25) is 0 Å². The Morgan fingerprint density at radius 2 is 2.16 bits per heavy atom. The van der Waals surface area contributed by atoms with E-state index in [0.29, 0.717) is 6.04 Å². The topological polar surface area (TPSA) is 55.9 Å². The molecule has 2 aromatic rings. The molecule has 1 aliphatic rings. The number of hydrogen-bond donors (Lipinski definition) is 2. The minimum Gasteiger partial charge on any atom is -0.334 e. The van der Waals surface area contributed by atoms with Crippen molar-refractivity contribution in [1.29, 1.82) is 0 Å². The number of aromatic nitrogens is 2. The average molecular weight is 256 g/mol. The Morgan fingerprint density at radius 1 is 1.37 bits per heavy atom. The molecular weight excluding hydrogens is 236 g/mol. The maximum absolute atomic E-state index is 6.17. The van der Waals surface area contributed by atoms with Crippen LogP contribution in [0.5, 0.6) is 0 Å². The van der Waals surface area contributed by atoms with Crippen LogP contribution in [0.4, 0.5) is 0 Å². The minimum absolute atomic E-state index is 0.170. The Hall–Kier alpha value is -1.65. The number of imidazole rings is 1. The number of rotatable bonds is 4. The summed E-state index contributed by atoms with van der Waals surface area (Å²) in [5.41, 5.74) is 8.82. The van der Waals surface area contributed by atoms with Crippen molar-refractivity contribution in [2.24, 2.45) is 5.73 Å². The molecule has 4 heteroatoms. The van der Waals surface area contributed by atoms with E-state index >= 15 is 0 Å². The fourth-order valence-electron chi connectivity index (χ4n) is 2.87. The second kappa shape index (κ2) is 5.15. The first-order valence-electron chi connectivity index (χ1n) is 6.81. The van der Waals surface area contributed by atoms with E-state index in [2.05, 4.69) is 39.1 Å². The average Bonchev–Trinajstić information content (AvgIpc) is 2.96. The third-order valence-corrected chi connectivity index (χ3v) is 3.93. The van der Waals surface area contributed by atoms with E-state index in [1.54, 1.807) is 0 Å². The second-order valence-corrected chi connectivity index (χ2v) is 5.15. The van der Waals surface area contributed by atoms with Crippen molar-refractivity contribution in [3.63, 3.8) is 0 Å². The third kappa shape index (κ3) is 2.41. The molecule has 0 saturated carbocycles. The van der Waals surface area contributed by atoms with Crippen LogP contribution in [-0.2, 0) is 6.54 Å². The fourth-order valence-corrected chi connectivity index (χ4v) is 2.87. The molecule has 100 valence electrons. The molecule has 1 heterocycles. The van der Waals surface area contributed by atoms with Gasteiger partial charge in [0.05, 0.1) is 0 Å². The Kier molecular flexibility index (Phi) is 3.36. The predicted octanol–water partition coefficient (Wildman–Crippen LogP) is 1.93. The minimum atomic E-state index is 0.170. The molecule has 0 bridgehead atoms. The van der Waals surface area contributed by atoms with Gasteiger partial charge in [-0.05, 0) is 24.5 Å². The van der Waals surface area contributed by atoms with Crippen LogP contribution >= 0.6 is 0 Å². The van der Waals surface area contributed by atoms with Crippen LogP contribution in [-0.4, -0.2) is 16.1 Å². The molecule has 4 nitrogen and oxygen atoms in total. The summed E-state index contributed by atoms with van der Waals surface area (Å²) in [6.07, 6.45) is 4.85. The van der Waals surface area contributed by atoms with Crippen LogP contribution in [0, 0.1) is 6.92 Å². The molecule has 1 aromatic carbocycles. The van der Waals surface area contributed by atoms with E-state index < -0.39 is 0 Å². The second-order valence-electron chi connectivity index (χ2n) is 5.15. The van der Waals surface area contributed by atoms with Crippen molar-refractivity contribution in [2.75, 3.05) is 6.54 Å². The van der Waals surface area contributed by atoms with Gasteiger partial charge in [-0.1, -0.05) is 24.3 Å². The molecule has 0 radical (unpaired) electrons. The first kappa shape index (κ1) is 12.4. The maximum atomic E-state index is 6.17. The van der Waals surface area contributed by atoms with E-state index in [0.717, 1.165) is 25.3 Å². The molecule has 0 spiro atoms. The predicted molar refractivity (Wildman–Crippen MR) is 75.7 cm³/mol. The first-order valence-corrected chi connectivity index (χ1v) is 6.81. The molecule has 0 aliphatic heterocycles. The highest BCUT2D eigenvalue weighted by atomic mass is 15.1. The van der Waals surface area contributed by atoms with E-state index in [-0.39, 0.29) is 6.04 Å². The molecule has 19 heavy (non-hydrogen) atoms. The van der Waals surface area contributed by atoms with Gasteiger partial charge in [-0.25, -0.2) is 4.98 Å². The van der Waals surface area contributed by atoms with Crippen molar-refractivity contribution < 1.29 is 0 Å². The summed E-state index contributed by atoms with van der Waals surface area (Å²) >= 11 is 0. The lowest BCUT2D eigenvalue weighted by Crippen LogP contribution is -2.24. The van der Waals surface area contributed by atoms with Gasteiger partial charge in [-0.15, -0.1) is 0 Å². The van der Waals surface area contributed by atoms with Gasteiger partial charge in [0.25, 0.3) is 0 Å². The number of benzene rings is 1. The Morgan fingerprint density at radius 3 is 2.89 bits per heavy atom. The van der Waals surface area contributed by atoms with E-state index in [1.165, 1.54) is 11.1 Å². The van der Waals surface area contributed by atoms with E-state index in [4.69, 9.17) is 5.73 Å². The number of aryl methyl sites for hydroxylation is 1. The summed E-state index contributed by atoms with van der Waals surface area (Å²) in [5.74, 6) is 1.06. The number of fused-ring (bicyclic) bond motifs is 1. The normalized spacial score (nSPS) is 21.6. The van der Waals surface area contributed by atoms with Crippen LogP contribution in [0.1, 0.15) is 35.5 Å². The van der Waals surface area contributed by atoms with Crippen LogP contribution in [0.3, 0.4) is 0 Å². The highest BCUT2D eigenvalue weighted by Gasteiger charge is 2.27. The van der Waals surface area contributed by atoms with Gasteiger partial charge >= 0.3 is 0 Å². The lowest BCUT2D eigenvalue weighted by Gasteiger charge is -2.14. The summed E-state index contributed by atoms with van der Waals surface area (Å²) < 4.78 is 2.16. The number of nitrogens with two attached hydrogens (primary N) is 1. The van der Waals surface area contributed by atoms with Gasteiger partial charge in [0.1, 0.15) is 5.82 Å². The molecule has 1 aliphatic carbocycles. The lowest BCUT2D eigenvalue weighted by molar-refractivity contribution is 0.476.